The molecular weight excluding hydrogens is 293 g/mol. The van der Waals surface area contributed by atoms with Crippen molar-refractivity contribution < 1.29 is 9.18 Å². The van der Waals surface area contributed by atoms with Gasteiger partial charge in [-0.15, -0.1) is 0 Å². The molecule has 0 saturated carbocycles. The Kier molecular flexibility index (Phi) is 5.96. The molecule has 0 aromatic heterocycles. The number of amides is 1. The van der Waals surface area contributed by atoms with Crippen LogP contribution in [0.3, 0.4) is 0 Å². The number of rotatable bonds is 6. The minimum absolute atomic E-state index is 0.136. The van der Waals surface area contributed by atoms with Crippen LogP contribution in [-0.2, 0) is 4.79 Å². The maximum absolute atomic E-state index is 13.0. The summed E-state index contributed by atoms with van der Waals surface area (Å²) in [7, 11) is 0. The van der Waals surface area contributed by atoms with Crippen LogP contribution in [-0.4, -0.2) is 43.0 Å². The highest BCUT2D eigenvalue weighted by Crippen LogP contribution is 2.22. The minimum Gasteiger partial charge on any atom is -0.324 e. The molecule has 0 spiro atoms. The number of carbonyl (C=O) groups is 1. The van der Waals surface area contributed by atoms with Crippen LogP contribution in [0.2, 0.25) is 5.02 Å². The third kappa shape index (κ3) is 4.95. The van der Waals surface area contributed by atoms with Crippen molar-refractivity contribution in [1.29, 1.82) is 0 Å². The number of nitrogens with zero attached hydrogens (tertiary/aromatic N) is 1. The number of carbonyl (C=O) groups excluding carboxylic acids is 1. The van der Waals surface area contributed by atoms with Gasteiger partial charge < -0.3 is 10.6 Å². The van der Waals surface area contributed by atoms with Gasteiger partial charge in [-0.2, -0.15) is 0 Å². The zero-order valence-electron chi connectivity index (χ0n) is 12.2. The fraction of sp³-hybridized carbons (Fsp3) is 0.533. The zero-order chi connectivity index (χ0) is 15.2. The second-order valence-corrected chi connectivity index (χ2v) is 5.70. The zero-order valence-corrected chi connectivity index (χ0v) is 12.9. The maximum atomic E-state index is 13.0. The molecule has 4 nitrogen and oxygen atoms in total. The van der Waals surface area contributed by atoms with Crippen molar-refractivity contribution >= 4 is 23.2 Å². The number of hydrogen-bond donors (Lipinski definition) is 2. The fourth-order valence-corrected chi connectivity index (χ4v) is 2.73. The van der Waals surface area contributed by atoms with E-state index in [9.17, 15) is 9.18 Å². The molecule has 21 heavy (non-hydrogen) atoms. The summed E-state index contributed by atoms with van der Waals surface area (Å²) in [5.41, 5.74) is 0.443. The molecule has 1 aromatic carbocycles. The Bertz CT molecular complexity index is 492. The Labute approximate surface area is 129 Å². The van der Waals surface area contributed by atoms with Gasteiger partial charge in [0.2, 0.25) is 5.91 Å². The highest BCUT2D eigenvalue weighted by Gasteiger charge is 2.19. The van der Waals surface area contributed by atoms with Crippen molar-refractivity contribution in [2.45, 2.75) is 25.8 Å². The first-order chi connectivity index (χ1) is 10.1. The van der Waals surface area contributed by atoms with Gasteiger partial charge in [0.1, 0.15) is 5.82 Å². The lowest BCUT2D eigenvalue weighted by molar-refractivity contribution is -0.117. The number of anilines is 1. The van der Waals surface area contributed by atoms with Gasteiger partial charge in [0.05, 0.1) is 17.3 Å². The van der Waals surface area contributed by atoms with Gasteiger partial charge in [-0.05, 0) is 44.1 Å². The van der Waals surface area contributed by atoms with Gasteiger partial charge in [-0.25, -0.2) is 4.39 Å². The Balaban J connectivity index is 1.86. The molecule has 0 bridgehead atoms. The predicted octanol–water partition coefficient (Wildman–Crippen LogP) is 2.49. The number of hydrogen-bond acceptors (Lipinski definition) is 3. The number of nitrogens with one attached hydrogen (secondary N) is 2. The van der Waals surface area contributed by atoms with E-state index in [1.165, 1.54) is 24.6 Å². The molecule has 2 N–H and O–H groups in total. The largest absolute Gasteiger partial charge is 0.324 e. The molecule has 1 aromatic rings. The summed E-state index contributed by atoms with van der Waals surface area (Å²) in [5.74, 6) is -0.552. The molecule has 1 fully saturated rings. The Morgan fingerprint density at radius 2 is 2.38 bits per heavy atom. The van der Waals surface area contributed by atoms with Crippen molar-refractivity contribution in [3.8, 4) is 0 Å². The van der Waals surface area contributed by atoms with E-state index in [1.807, 2.05) is 6.92 Å². The molecule has 1 atom stereocenters. The summed E-state index contributed by atoms with van der Waals surface area (Å²) in [6, 6.07) is 4.41. The van der Waals surface area contributed by atoms with Crippen LogP contribution < -0.4 is 10.6 Å². The standard InChI is InChI=1S/C15H21ClFN3O/c1-2-20(9-12-4-3-7-18-12)10-15(21)19-14-6-5-11(17)8-13(14)16/h5-6,8,12,18H,2-4,7,9-10H2,1H3,(H,19,21). The first-order valence-corrected chi connectivity index (χ1v) is 7.67. The summed E-state index contributed by atoms with van der Waals surface area (Å²) >= 11 is 5.90. The van der Waals surface area contributed by atoms with Gasteiger partial charge >= 0.3 is 0 Å². The molecule has 1 aliphatic heterocycles. The third-order valence-corrected chi connectivity index (χ3v) is 3.97. The predicted molar refractivity (Wildman–Crippen MR) is 83.2 cm³/mol. The van der Waals surface area contributed by atoms with E-state index < -0.39 is 5.82 Å². The number of halogens is 2. The van der Waals surface area contributed by atoms with Crippen LogP contribution in [0.4, 0.5) is 10.1 Å². The van der Waals surface area contributed by atoms with Crippen molar-refractivity contribution in [3.63, 3.8) is 0 Å². The van der Waals surface area contributed by atoms with Crippen molar-refractivity contribution in [1.82, 2.24) is 10.2 Å². The second kappa shape index (κ2) is 7.73. The van der Waals surface area contributed by atoms with Crippen molar-refractivity contribution in [2.75, 3.05) is 31.5 Å². The molecule has 1 heterocycles. The normalized spacial score (nSPS) is 18.2. The van der Waals surface area contributed by atoms with Crippen LogP contribution in [0.1, 0.15) is 19.8 Å². The Morgan fingerprint density at radius 3 is 3.00 bits per heavy atom. The van der Waals surface area contributed by atoms with Crippen molar-refractivity contribution in [2.24, 2.45) is 0 Å². The molecule has 116 valence electrons. The fourth-order valence-electron chi connectivity index (χ4n) is 2.51. The number of benzene rings is 1. The highest BCUT2D eigenvalue weighted by atomic mass is 35.5. The van der Waals surface area contributed by atoms with E-state index in [2.05, 4.69) is 15.5 Å². The molecule has 1 amide bonds. The lowest BCUT2D eigenvalue weighted by atomic mass is 10.2. The minimum atomic E-state index is -0.416. The summed E-state index contributed by atoms with van der Waals surface area (Å²) in [4.78, 5) is 14.2. The van der Waals surface area contributed by atoms with E-state index in [0.717, 1.165) is 26.1 Å². The van der Waals surface area contributed by atoms with E-state index >= 15 is 0 Å². The molecule has 6 heteroatoms. The third-order valence-electron chi connectivity index (χ3n) is 3.66. The van der Waals surface area contributed by atoms with Crippen LogP contribution in [0.5, 0.6) is 0 Å². The molecule has 1 saturated heterocycles. The van der Waals surface area contributed by atoms with E-state index in [4.69, 9.17) is 11.6 Å². The molecule has 2 rings (SSSR count). The lowest BCUT2D eigenvalue weighted by Crippen LogP contribution is -2.41. The van der Waals surface area contributed by atoms with Crippen LogP contribution in [0.15, 0.2) is 18.2 Å². The van der Waals surface area contributed by atoms with Gasteiger partial charge in [0.25, 0.3) is 0 Å². The Morgan fingerprint density at radius 1 is 1.57 bits per heavy atom. The van der Waals surface area contributed by atoms with Crippen LogP contribution in [0.25, 0.3) is 0 Å². The monoisotopic (exact) mass is 313 g/mol. The quantitative estimate of drug-likeness (QED) is 0.848. The van der Waals surface area contributed by atoms with Gasteiger partial charge in [0.15, 0.2) is 0 Å². The van der Waals surface area contributed by atoms with Gasteiger partial charge in [0, 0.05) is 12.6 Å². The Hall–Kier alpha value is -1.17. The topological polar surface area (TPSA) is 44.4 Å². The molecule has 1 aliphatic rings. The van der Waals surface area contributed by atoms with Gasteiger partial charge in [-0.3, -0.25) is 9.69 Å². The van der Waals surface area contributed by atoms with E-state index in [0.29, 0.717) is 18.3 Å². The maximum Gasteiger partial charge on any atom is 0.238 e. The van der Waals surface area contributed by atoms with Gasteiger partial charge in [-0.1, -0.05) is 18.5 Å². The molecule has 1 unspecified atom stereocenters. The second-order valence-electron chi connectivity index (χ2n) is 5.29. The molecule has 0 radical (unpaired) electrons. The SMILES string of the molecule is CCN(CC(=O)Nc1ccc(F)cc1Cl)CC1CCCN1. The summed E-state index contributed by atoms with van der Waals surface area (Å²) in [6.45, 7) is 5.07. The van der Waals surface area contributed by atoms with Crippen LogP contribution in [0, 0.1) is 5.82 Å². The summed E-state index contributed by atoms with van der Waals surface area (Å²) in [5, 5.41) is 6.36. The van der Waals surface area contributed by atoms with Crippen molar-refractivity contribution in [3.05, 3.63) is 29.0 Å². The average molecular weight is 314 g/mol. The summed E-state index contributed by atoms with van der Waals surface area (Å²) in [6.07, 6.45) is 2.35. The molecule has 0 aliphatic carbocycles. The van der Waals surface area contributed by atoms with E-state index in [-0.39, 0.29) is 10.9 Å². The highest BCUT2D eigenvalue weighted by molar-refractivity contribution is 6.33. The lowest BCUT2D eigenvalue weighted by Gasteiger charge is -2.23. The first-order valence-electron chi connectivity index (χ1n) is 7.29. The first kappa shape index (κ1) is 16.2. The van der Waals surface area contributed by atoms with Crippen LogP contribution >= 0.6 is 11.6 Å². The molecular formula is C15H21ClFN3O. The smallest absolute Gasteiger partial charge is 0.238 e. The van der Waals surface area contributed by atoms with E-state index in [1.54, 1.807) is 0 Å². The average Bonchev–Trinajstić information content (AvgIpc) is 2.94. The summed E-state index contributed by atoms with van der Waals surface area (Å²) < 4.78 is 13.0. The number of likely N-dealkylation sites (N-methyl/N-ethyl adjacent to an activating group) is 1.